The molecule has 2 heterocycles. The molecule has 0 aliphatic carbocycles. The Morgan fingerprint density at radius 2 is 1.78 bits per heavy atom. The molecule has 0 N–H and O–H groups in total. The number of anilines is 1. The molecule has 0 bridgehead atoms. The van der Waals surface area contributed by atoms with Crippen LogP contribution in [0, 0.1) is 0 Å². The van der Waals surface area contributed by atoms with Crippen LogP contribution in [0.5, 0.6) is 5.75 Å². The third-order valence-corrected chi connectivity index (χ3v) is 5.20. The van der Waals surface area contributed by atoms with E-state index in [1.807, 2.05) is 41.3 Å². The van der Waals surface area contributed by atoms with Crippen molar-refractivity contribution in [3.63, 3.8) is 0 Å². The molecule has 2 aliphatic rings. The molecular formula is C21H22N2O4. The normalized spacial score (nSPS) is 18.9. The predicted molar refractivity (Wildman–Crippen MR) is 101 cm³/mol. The van der Waals surface area contributed by atoms with E-state index in [9.17, 15) is 9.59 Å². The van der Waals surface area contributed by atoms with E-state index in [2.05, 4.69) is 4.90 Å². The molecule has 1 amide bonds. The monoisotopic (exact) mass is 366 g/mol. The number of fused-ring (bicyclic) bond motifs is 1. The summed E-state index contributed by atoms with van der Waals surface area (Å²) >= 11 is 0. The van der Waals surface area contributed by atoms with Crippen LogP contribution in [-0.2, 0) is 9.53 Å². The van der Waals surface area contributed by atoms with Gasteiger partial charge in [0.15, 0.2) is 0 Å². The van der Waals surface area contributed by atoms with Gasteiger partial charge in [-0.25, -0.2) is 4.79 Å². The van der Waals surface area contributed by atoms with Gasteiger partial charge in [0.25, 0.3) is 0 Å². The van der Waals surface area contributed by atoms with Crippen molar-refractivity contribution in [2.45, 2.75) is 12.5 Å². The number of nitrogens with zero attached hydrogens (tertiary/aromatic N) is 2. The maximum absolute atomic E-state index is 12.7. The fourth-order valence-electron chi connectivity index (χ4n) is 3.75. The lowest BCUT2D eigenvalue weighted by Crippen LogP contribution is -2.49. The number of benzene rings is 2. The number of methoxy groups -OCH3 is 1. The first-order chi connectivity index (χ1) is 13.2. The van der Waals surface area contributed by atoms with E-state index >= 15 is 0 Å². The fraction of sp³-hybridized carbons (Fsp3) is 0.333. The van der Waals surface area contributed by atoms with Gasteiger partial charge in [0.1, 0.15) is 11.9 Å². The number of hydrogen-bond acceptors (Lipinski definition) is 5. The van der Waals surface area contributed by atoms with E-state index in [4.69, 9.17) is 9.47 Å². The molecule has 1 atom stereocenters. The molecule has 0 spiro atoms. The number of carbonyl (C=O) groups excluding carboxylic acids is 2. The molecule has 140 valence electrons. The van der Waals surface area contributed by atoms with Crippen molar-refractivity contribution < 1.29 is 19.1 Å². The zero-order valence-electron chi connectivity index (χ0n) is 15.3. The van der Waals surface area contributed by atoms with Gasteiger partial charge in [-0.2, -0.15) is 0 Å². The molecule has 6 nitrogen and oxygen atoms in total. The number of para-hydroxylation sites is 2. The number of cyclic esters (lactones) is 1. The topological polar surface area (TPSA) is 59.1 Å². The first-order valence-corrected chi connectivity index (χ1v) is 9.13. The average Bonchev–Trinajstić information content (AvgIpc) is 3.04. The van der Waals surface area contributed by atoms with Crippen molar-refractivity contribution in [2.24, 2.45) is 0 Å². The predicted octanol–water partition coefficient (Wildman–Crippen LogP) is 2.65. The Labute approximate surface area is 158 Å². The maximum Gasteiger partial charge on any atom is 0.339 e. The number of piperazine rings is 1. The van der Waals surface area contributed by atoms with E-state index in [-0.39, 0.29) is 18.3 Å². The number of amides is 1. The Hall–Kier alpha value is -3.02. The van der Waals surface area contributed by atoms with Crippen LogP contribution in [0.1, 0.15) is 28.4 Å². The van der Waals surface area contributed by atoms with Crippen molar-refractivity contribution in [1.29, 1.82) is 0 Å². The molecular weight excluding hydrogens is 344 g/mol. The summed E-state index contributed by atoms with van der Waals surface area (Å²) in [5, 5.41) is 0. The van der Waals surface area contributed by atoms with Gasteiger partial charge in [-0.15, -0.1) is 0 Å². The van der Waals surface area contributed by atoms with Crippen molar-refractivity contribution in [3.05, 3.63) is 59.7 Å². The molecule has 2 aromatic carbocycles. The molecule has 2 aromatic rings. The molecule has 0 saturated carbocycles. The second-order valence-corrected chi connectivity index (χ2v) is 6.73. The lowest BCUT2D eigenvalue weighted by atomic mass is 10.0. The highest BCUT2D eigenvalue weighted by atomic mass is 16.5. The van der Waals surface area contributed by atoms with Crippen LogP contribution < -0.4 is 9.64 Å². The van der Waals surface area contributed by atoms with Gasteiger partial charge in [0, 0.05) is 31.7 Å². The number of rotatable bonds is 4. The quantitative estimate of drug-likeness (QED) is 0.779. The standard InChI is InChI=1S/C21H22N2O4/c1-26-18-9-5-4-8-17(18)22-10-12-23(13-11-22)20(24)14-19-15-6-2-3-7-16(15)21(25)27-19/h2-9,19H,10-14H2,1H3/t19-/m0/s1. The highest BCUT2D eigenvalue weighted by molar-refractivity contribution is 5.94. The van der Waals surface area contributed by atoms with Gasteiger partial charge in [-0.3, -0.25) is 4.79 Å². The van der Waals surface area contributed by atoms with Gasteiger partial charge in [0.2, 0.25) is 5.91 Å². The molecule has 0 radical (unpaired) electrons. The van der Waals surface area contributed by atoms with Crippen molar-refractivity contribution in [1.82, 2.24) is 4.90 Å². The van der Waals surface area contributed by atoms with Gasteiger partial charge in [0.05, 0.1) is 24.8 Å². The molecule has 1 saturated heterocycles. The number of carbonyl (C=O) groups is 2. The van der Waals surface area contributed by atoms with Gasteiger partial charge < -0.3 is 19.3 Å². The zero-order chi connectivity index (χ0) is 18.8. The second-order valence-electron chi connectivity index (χ2n) is 6.73. The Morgan fingerprint density at radius 3 is 2.56 bits per heavy atom. The molecule has 2 aliphatic heterocycles. The van der Waals surface area contributed by atoms with Crippen LogP contribution >= 0.6 is 0 Å². The van der Waals surface area contributed by atoms with Crippen molar-refractivity contribution in [3.8, 4) is 5.75 Å². The number of hydrogen-bond donors (Lipinski definition) is 0. The summed E-state index contributed by atoms with van der Waals surface area (Å²) in [4.78, 5) is 28.7. The minimum Gasteiger partial charge on any atom is -0.495 e. The van der Waals surface area contributed by atoms with Gasteiger partial charge in [-0.05, 0) is 18.2 Å². The summed E-state index contributed by atoms with van der Waals surface area (Å²) in [6.45, 7) is 2.76. The average molecular weight is 366 g/mol. The van der Waals surface area contributed by atoms with Crippen molar-refractivity contribution in [2.75, 3.05) is 38.2 Å². The number of ether oxygens (including phenoxy) is 2. The number of esters is 1. The Kier molecular flexibility index (Phi) is 4.71. The maximum atomic E-state index is 12.7. The highest BCUT2D eigenvalue weighted by Gasteiger charge is 2.34. The molecule has 27 heavy (non-hydrogen) atoms. The van der Waals surface area contributed by atoms with E-state index in [1.54, 1.807) is 19.2 Å². The Balaban J connectivity index is 1.38. The summed E-state index contributed by atoms with van der Waals surface area (Å²) in [6, 6.07) is 15.2. The van der Waals surface area contributed by atoms with Crippen LogP contribution in [-0.4, -0.2) is 50.1 Å². The second kappa shape index (κ2) is 7.31. The SMILES string of the molecule is COc1ccccc1N1CCN(C(=O)C[C@@H]2OC(=O)c3ccccc32)CC1. The van der Waals surface area contributed by atoms with E-state index in [0.717, 1.165) is 30.1 Å². The van der Waals surface area contributed by atoms with Crippen LogP contribution in [0.4, 0.5) is 5.69 Å². The summed E-state index contributed by atoms with van der Waals surface area (Å²) in [7, 11) is 1.67. The van der Waals surface area contributed by atoms with E-state index < -0.39 is 6.10 Å². The van der Waals surface area contributed by atoms with Crippen molar-refractivity contribution >= 4 is 17.6 Å². The van der Waals surface area contributed by atoms with E-state index in [0.29, 0.717) is 18.7 Å². The van der Waals surface area contributed by atoms with Gasteiger partial charge in [-0.1, -0.05) is 30.3 Å². The lowest BCUT2D eigenvalue weighted by Gasteiger charge is -2.37. The summed E-state index contributed by atoms with van der Waals surface area (Å²) in [6.07, 6.45) is -0.286. The molecule has 1 fully saturated rings. The summed E-state index contributed by atoms with van der Waals surface area (Å²) in [5.41, 5.74) is 2.42. The first kappa shape index (κ1) is 17.4. The van der Waals surface area contributed by atoms with E-state index in [1.165, 1.54) is 0 Å². The van der Waals surface area contributed by atoms with Crippen LogP contribution in [0.25, 0.3) is 0 Å². The summed E-state index contributed by atoms with van der Waals surface area (Å²) in [5.74, 6) is 0.514. The third kappa shape index (κ3) is 3.35. The minimum absolute atomic E-state index is 0.0178. The van der Waals surface area contributed by atoms with Gasteiger partial charge >= 0.3 is 5.97 Å². The Morgan fingerprint density at radius 1 is 1.07 bits per heavy atom. The van der Waals surface area contributed by atoms with Crippen LogP contribution in [0.2, 0.25) is 0 Å². The summed E-state index contributed by atoms with van der Waals surface area (Å²) < 4.78 is 10.8. The molecule has 6 heteroatoms. The largest absolute Gasteiger partial charge is 0.495 e. The fourth-order valence-corrected chi connectivity index (χ4v) is 3.75. The minimum atomic E-state index is -0.478. The zero-order valence-corrected chi connectivity index (χ0v) is 15.3. The first-order valence-electron chi connectivity index (χ1n) is 9.13. The molecule has 0 unspecified atom stereocenters. The highest BCUT2D eigenvalue weighted by Crippen LogP contribution is 2.33. The Bertz CT molecular complexity index is 859. The molecule has 0 aromatic heterocycles. The third-order valence-electron chi connectivity index (χ3n) is 5.20. The van der Waals surface area contributed by atoms with Crippen LogP contribution in [0.3, 0.4) is 0 Å². The molecule has 4 rings (SSSR count). The smallest absolute Gasteiger partial charge is 0.339 e. The van der Waals surface area contributed by atoms with Crippen LogP contribution in [0.15, 0.2) is 48.5 Å². The lowest BCUT2D eigenvalue weighted by molar-refractivity contribution is -0.133.